The summed E-state index contributed by atoms with van der Waals surface area (Å²) in [6, 6.07) is 8.67. The third-order valence-corrected chi connectivity index (χ3v) is 5.97. The largest absolute Gasteiger partial charge is 0.361 e. The predicted octanol–water partition coefficient (Wildman–Crippen LogP) is 2.89. The van der Waals surface area contributed by atoms with Crippen LogP contribution < -0.4 is 5.32 Å². The predicted molar refractivity (Wildman–Crippen MR) is 119 cm³/mol. The average molecular weight is 433 g/mol. The Morgan fingerprint density at radius 3 is 3.09 bits per heavy atom. The van der Waals surface area contributed by atoms with Crippen molar-refractivity contribution in [1.82, 2.24) is 30.0 Å². The number of halogens is 1. The molecule has 0 fully saturated rings. The molecule has 3 aromatic heterocycles. The monoisotopic (exact) mass is 432 g/mol. The Morgan fingerprint density at radius 2 is 2.25 bits per heavy atom. The number of hydrogen-bond acceptors (Lipinski definition) is 4. The van der Waals surface area contributed by atoms with Crippen molar-refractivity contribution in [3.8, 4) is 0 Å². The number of benzene rings is 1. The second-order valence-electron chi connectivity index (χ2n) is 8.34. The molecule has 7 nitrogen and oxygen atoms in total. The number of aromatic amines is 1. The van der Waals surface area contributed by atoms with Crippen molar-refractivity contribution in [3.63, 3.8) is 0 Å². The molecule has 8 heteroatoms. The Bertz CT molecular complexity index is 1250. The van der Waals surface area contributed by atoms with Crippen LogP contribution in [0.2, 0.25) is 0 Å². The molecule has 1 aliphatic rings. The van der Waals surface area contributed by atoms with Crippen LogP contribution in [-0.4, -0.2) is 43.6 Å². The van der Waals surface area contributed by atoms with Crippen molar-refractivity contribution in [2.24, 2.45) is 7.05 Å². The minimum Gasteiger partial charge on any atom is -0.361 e. The maximum absolute atomic E-state index is 13.6. The molecule has 4 heterocycles. The van der Waals surface area contributed by atoms with Crippen molar-refractivity contribution in [3.05, 3.63) is 83.3 Å². The second kappa shape index (κ2) is 8.55. The molecule has 4 aromatic rings. The van der Waals surface area contributed by atoms with Crippen LogP contribution in [0.1, 0.15) is 28.3 Å². The first-order valence-corrected chi connectivity index (χ1v) is 10.7. The summed E-state index contributed by atoms with van der Waals surface area (Å²) in [7, 11) is 1.88. The Labute approximate surface area is 185 Å². The van der Waals surface area contributed by atoms with E-state index in [1.807, 2.05) is 37.8 Å². The fourth-order valence-electron chi connectivity index (χ4n) is 4.50. The van der Waals surface area contributed by atoms with E-state index in [0.717, 1.165) is 46.4 Å². The Hall–Kier alpha value is -3.52. The van der Waals surface area contributed by atoms with Crippen LogP contribution in [-0.2, 0) is 31.4 Å². The van der Waals surface area contributed by atoms with Gasteiger partial charge in [0.15, 0.2) is 0 Å². The minimum absolute atomic E-state index is 0.0353. The zero-order valence-corrected chi connectivity index (χ0v) is 17.9. The molecule has 0 bridgehead atoms. The summed E-state index contributed by atoms with van der Waals surface area (Å²) in [6.07, 6.45) is 8.11. The molecule has 1 aliphatic heterocycles. The van der Waals surface area contributed by atoms with Crippen LogP contribution in [0.5, 0.6) is 0 Å². The molecule has 164 valence electrons. The molecule has 1 atom stereocenters. The lowest BCUT2D eigenvalue weighted by Crippen LogP contribution is -2.41. The highest BCUT2D eigenvalue weighted by atomic mass is 19.1. The van der Waals surface area contributed by atoms with Crippen molar-refractivity contribution in [2.45, 2.75) is 25.4 Å². The van der Waals surface area contributed by atoms with Crippen LogP contribution >= 0.6 is 0 Å². The van der Waals surface area contributed by atoms with Gasteiger partial charge in [0.05, 0.1) is 11.6 Å². The third-order valence-electron chi connectivity index (χ3n) is 5.97. The zero-order valence-electron chi connectivity index (χ0n) is 17.9. The van der Waals surface area contributed by atoms with E-state index in [0.29, 0.717) is 19.5 Å². The molecule has 0 saturated carbocycles. The van der Waals surface area contributed by atoms with E-state index in [1.165, 1.54) is 12.1 Å². The minimum atomic E-state index is -0.336. The normalized spacial score (nSPS) is 16.2. The number of H-pyrrole nitrogens is 1. The smallest absolute Gasteiger partial charge is 0.230 e. The molecule has 1 amide bonds. The van der Waals surface area contributed by atoms with Gasteiger partial charge in [-0.15, -0.1) is 0 Å². The summed E-state index contributed by atoms with van der Waals surface area (Å²) >= 11 is 0. The molecule has 32 heavy (non-hydrogen) atoms. The van der Waals surface area contributed by atoms with Gasteiger partial charge in [0.2, 0.25) is 5.91 Å². The van der Waals surface area contributed by atoms with E-state index in [-0.39, 0.29) is 17.6 Å². The first-order valence-electron chi connectivity index (χ1n) is 10.7. The molecule has 1 aromatic carbocycles. The van der Waals surface area contributed by atoms with Gasteiger partial charge in [0, 0.05) is 74.5 Å². The van der Waals surface area contributed by atoms with E-state index in [4.69, 9.17) is 0 Å². The van der Waals surface area contributed by atoms with Gasteiger partial charge in [-0.1, -0.05) is 6.07 Å². The number of aryl methyl sites for hydroxylation is 1. The summed E-state index contributed by atoms with van der Waals surface area (Å²) in [5.74, 6) is -0.634. The SMILES string of the molecule is Cn1cc2c(n1)[C@@H](C(=O)NCCc1c[nH]c3ccc(F)cc13)CN(Cc1cccnc1)C2. The van der Waals surface area contributed by atoms with Crippen LogP contribution in [0.15, 0.2) is 55.1 Å². The zero-order chi connectivity index (χ0) is 22.1. The van der Waals surface area contributed by atoms with Crippen molar-refractivity contribution >= 4 is 16.8 Å². The lowest BCUT2D eigenvalue weighted by Gasteiger charge is -2.31. The van der Waals surface area contributed by atoms with Crippen LogP contribution in [0.25, 0.3) is 10.9 Å². The third kappa shape index (κ3) is 4.13. The van der Waals surface area contributed by atoms with Gasteiger partial charge in [-0.2, -0.15) is 5.10 Å². The van der Waals surface area contributed by atoms with E-state index in [1.54, 1.807) is 16.9 Å². The first-order chi connectivity index (χ1) is 15.6. The highest BCUT2D eigenvalue weighted by molar-refractivity contribution is 5.85. The highest BCUT2D eigenvalue weighted by Gasteiger charge is 2.33. The molecule has 2 N–H and O–H groups in total. The molecular formula is C24H25FN6O. The number of amides is 1. The number of nitrogens with one attached hydrogen (secondary N) is 2. The van der Waals surface area contributed by atoms with Crippen molar-refractivity contribution in [1.29, 1.82) is 0 Å². The number of carbonyl (C=O) groups is 1. The van der Waals surface area contributed by atoms with Crippen molar-refractivity contribution in [2.75, 3.05) is 13.1 Å². The number of pyridine rings is 1. The number of nitrogens with zero attached hydrogens (tertiary/aromatic N) is 4. The van der Waals surface area contributed by atoms with E-state index < -0.39 is 0 Å². The van der Waals surface area contributed by atoms with Crippen molar-refractivity contribution < 1.29 is 9.18 Å². The number of carbonyl (C=O) groups excluding carboxylic acids is 1. The highest BCUT2D eigenvalue weighted by Crippen LogP contribution is 2.28. The number of fused-ring (bicyclic) bond motifs is 2. The molecule has 0 aliphatic carbocycles. The summed E-state index contributed by atoms with van der Waals surface area (Å²) < 4.78 is 15.4. The lowest BCUT2D eigenvalue weighted by atomic mass is 9.95. The van der Waals surface area contributed by atoms with E-state index in [9.17, 15) is 9.18 Å². The fourth-order valence-corrected chi connectivity index (χ4v) is 4.50. The molecule has 0 unspecified atom stereocenters. The average Bonchev–Trinajstić information content (AvgIpc) is 3.36. The first kappa shape index (κ1) is 20.4. The topological polar surface area (TPSA) is 78.8 Å². The van der Waals surface area contributed by atoms with Gasteiger partial charge in [-0.3, -0.25) is 19.4 Å². The lowest BCUT2D eigenvalue weighted by molar-refractivity contribution is -0.123. The standard InChI is InChI=1S/C24H25FN6O/c1-30-13-18-14-31(12-16-3-2-7-26-10-16)15-21(23(18)29-30)24(32)27-8-6-17-11-28-22-5-4-19(25)9-20(17)22/h2-5,7,9-11,13,21,28H,6,8,12,14-15H2,1H3,(H,27,32)/t21-/m0/s1. The Morgan fingerprint density at radius 1 is 1.34 bits per heavy atom. The van der Waals surface area contributed by atoms with Gasteiger partial charge in [-0.25, -0.2) is 4.39 Å². The molecule has 0 saturated heterocycles. The molecule has 0 radical (unpaired) electrons. The van der Waals surface area contributed by atoms with Gasteiger partial charge in [0.25, 0.3) is 0 Å². The van der Waals surface area contributed by atoms with Gasteiger partial charge in [-0.05, 0) is 41.8 Å². The number of aromatic nitrogens is 4. The second-order valence-corrected chi connectivity index (χ2v) is 8.34. The van der Waals surface area contributed by atoms with E-state index in [2.05, 4.69) is 25.3 Å². The quantitative estimate of drug-likeness (QED) is 0.491. The number of rotatable bonds is 6. The Kier molecular flexibility index (Phi) is 5.45. The summed E-state index contributed by atoms with van der Waals surface area (Å²) in [5, 5.41) is 8.50. The summed E-state index contributed by atoms with van der Waals surface area (Å²) in [4.78, 5) is 22.8. The maximum atomic E-state index is 13.6. The Balaban J connectivity index is 1.27. The van der Waals surface area contributed by atoms with Crippen LogP contribution in [0.3, 0.4) is 0 Å². The number of hydrogen-bond donors (Lipinski definition) is 2. The van der Waals surface area contributed by atoms with Gasteiger partial charge >= 0.3 is 0 Å². The maximum Gasteiger partial charge on any atom is 0.230 e. The molecule has 0 spiro atoms. The van der Waals surface area contributed by atoms with Crippen LogP contribution in [0, 0.1) is 5.82 Å². The molecule has 5 rings (SSSR count). The van der Waals surface area contributed by atoms with E-state index >= 15 is 0 Å². The fraction of sp³-hybridized carbons (Fsp3) is 0.292. The van der Waals surface area contributed by atoms with Crippen LogP contribution in [0.4, 0.5) is 4.39 Å². The summed E-state index contributed by atoms with van der Waals surface area (Å²) in [6.45, 7) is 2.56. The van der Waals surface area contributed by atoms with Gasteiger partial charge in [0.1, 0.15) is 5.82 Å². The molecular weight excluding hydrogens is 407 g/mol. The summed E-state index contributed by atoms with van der Waals surface area (Å²) in [5.41, 5.74) is 4.92. The van der Waals surface area contributed by atoms with Gasteiger partial charge < -0.3 is 10.3 Å².